The quantitative estimate of drug-likeness (QED) is 0.591. The molecule has 16 heavy (non-hydrogen) atoms. The van der Waals surface area contributed by atoms with Crippen molar-refractivity contribution in [1.29, 1.82) is 0 Å². The smallest absolute Gasteiger partial charge is 0.127 e. The van der Waals surface area contributed by atoms with Gasteiger partial charge in [0.15, 0.2) is 0 Å². The standard InChI is InChI=1S/C12H10O4/c13-8-4-7(5-9(14)6-8)12-10(15)2-1-3-11(12)16/h1-6,13-16H. The summed E-state index contributed by atoms with van der Waals surface area (Å²) < 4.78 is 0. The van der Waals surface area contributed by atoms with Crippen LogP contribution in [0.1, 0.15) is 0 Å². The van der Waals surface area contributed by atoms with Crippen molar-refractivity contribution in [2.24, 2.45) is 0 Å². The van der Waals surface area contributed by atoms with Crippen LogP contribution in [0.2, 0.25) is 0 Å². The van der Waals surface area contributed by atoms with Gasteiger partial charge in [-0.1, -0.05) is 6.07 Å². The van der Waals surface area contributed by atoms with E-state index < -0.39 is 0 Å². The second-order valence-electron chi connectivity index (χ2n) is 3.41. The lowest BCUT2D eigenvalue weighted by Crippen LogP contribution is -1.81. The molecule has 0 fully saturated rings. The molecule has 2 aromatic carbocycles. The van der Waals surface area contributed by atoms with Gasteiger partial charge >= 0.3 is 0 Å². The maximum absolute atomic E-state index is 9.60. The zero-order valence-corrected chi connectivity index (χ0v) is 8.25. The average molecular weight is 218 g/mol. The molecule has 2 rings (SSSR count). The first-order valence-electron chi connectivity index (χ1n) is 4.62. The maximum Gasteiger partial charge on any atom is 0.127 e. The zero-order chi connectivity index (χ0) is 11.7. The second-order valence-corrected chi connectivity index (χ2v) is 3.41. The summed E-state index contributed by atoms with van der Waals surface area (Å²) in [5.41, 5.74) is 0.516. The summed E-state index contributed by atoms with van der Waals surface area (Å²) >= 11 is 0. The molecule has 0 bridgehead atoms. The molecule has 0 atom stereocenters. The lowest BCUT2D eigenvalue weighted by molar-refractivity contribution is 0.449. The van der Waals surface area contributed by atoms with Crippen LogP contribution in [0.3, 0.4) is 0 Å². The van der Waals surface area contributed by atoms with Crippen LogP contribution in [-0.2, 0) is 0 Å². The fourth-order valence-electron chi connectivity index (χ4n) is 1.56. The third-order valence-electron chi connectivity index (χ3n) is 2.21. The highest BCUT2D eigenvalue weighted by Crippen LogP contribution is 2.39. The van der Waals surface area contributed by atoms with Gasteiger partial charge in [-0.3, -0.25) is 0 Å². The lowest BCUT2D eigenvalue weighted by atomic mass is 10.0. The minimum absolute atomic E-state index is 0.120. The van der Waals surface area contributed by atoms with Gasteiger partial charge in [0, 0.05) is 6.07 Å². The average Bonchev–Trinajstić information content (AvgIpc) is 2.15. The van der Waals surface area contributed by atoms with Crippen LogP contribution < -0.4 is 0 Å². The van der Waals surface area contributed by atoms with E-state index in [9.17, 15) is 20.4 Å². The monoisotopic (exact) mass is 218 g/mol. The van der Waals surface area contributed by atoms with Crippen molar-refractivity contribution in [3.8, 4) is 34.1 Å². The number of benzene rings is 2. The van der Waals surface area contributed by atoms with Gasteiger partial charge in [-0.2, -0.15) is 0 Å². The summed E-state index contributed by atoms with van der Waals surface area (Å²) in [7, 11) is 0. The molecule has 0 saturated heterocycles. The highest BCUT2D eigenvalue weighted by molar-refractivity contribution is 5.77. The predicted octanol–water partition coefficient (Wildman–Crippen LogP) is 2.18. The normalized spacial score (nSPS) is 10.2. The fraction of sp³-hybridized carbons (Fsp3) is 0. The molecule has 4 heteroatoms. The van der Waals surface area contributed by atoms with Gasteiger partial charge in [0.1, 0.15) is 23.0 Å². The Labute approximate surface area is 91.7 Å². The number of hydrogen-bond acceptors (Lipinski definition) is 4. The first-order chi connectivity index (χ1) is 7.58. The Bertz CT molecular complexity index is 494. The van der Waals surface area contributed by atoms with Gasteiger partial charge in [0.05, 0.1) is 5.56 Å². The molecule has 0 spiro atoms. The molecule has 0 amide bonds. The van der Waals surface area contributed by atoms with Crippen molar-refractivity contribution in [2.45, 2.75) is 0 Å². The molecular weight excluding hydrogens is 208 g/mol. The Morgan fingerprint density at radius 3 is 1.69 bits per heavy atom. The summed E-state index contributed by atoms with van der Waals surface area (Å²) in [5.74, 6) is -0.523. The molecule has 0 saturated carbocycles. The number of hydrogen-bond donors (Lipinski definition) is 4. The lowest BCUT2D eigenvalue weighted by Gasteiger charge is -2.08. The summed E-state index contributed by atoms with van der Waals surface area (Å²) in [6.07, 6.45) is 0. The molecule has 4 nitrogen and oxygen atoms in total. The molecule has 0 aliphatic heterocycles. The summed E-state index contributed by atoms with van der Waals surface area (Å²) in [4.78, 5) is 0. The van der Waals surface area contributed by atoms with Crippen LogP contribution in [-0.4, -0.2) is 20.4 Å². The molecule has 0 heterocycles. The third kappa shape index (κ3) is 1.72. The number of phenolic OH excluding ortho intramolecular Hbond substituents is 4. The minimum Gasteiger partial charge on any atom is -0.508 e. The van der Waals surface area contributed by atoms with Crippen molar-refractivity contribution < 1.29 is 20.4 Å². The van der Waals surface area contributed by atoms with Crippen molar-refractivity contribution >= 4 is 0 Å². The maximum atomic E-state index is 9.60. The van der Waals surface area contributed by atoms with E-state index in [1.807, 2.05) is 0 Å². The van der Waals surface area contributed by atoms with Crippen LogP contribution in [0.4, 0.5) is 0 Å². The predicted molar refractivity (Wildman–Crippen MR) is 58.5 cm³/mol. The molecule has 0 aliphatic carbocycles. The molecule has 2 aromatic rings. The number of phenols is 4. The van der Waals surface area contributed by atoms with Crippen LogP contribution >= 0.6 is 0 Å². The summed E-state index contributed by atoms with van der Waals surface area (Å²) in [6, 6.07) is 8.17. The number of rotatable bonds is 1. The van der Waals surface area contributed by atoms with E-state index in [1.54, 1.807) is 0 Å². The Kier molecular flexibility index (Phi) is 2.32. The van der Waals surface area contributed by atoms with E-state index in [1.165, 1.54) is 36.4 Å². The van der Waals surface area contributed by atoms with Crippen molar-refractivity contribution in [2.75, 3.05) is 0 Å². The summed E-state index contributed by atoms with van der Waals surface area (Å²) in [5, 5.41) is 37.8. The minimum atomic E-state index is -0.141. The Balaban J connectivity index is 2.67. The zero-order valence-electron chi connectivity index (χ0n) is 8.25. The topological polar surface area (TPSA) is 80.9 Å². The molecule has 82 valence electrons. The second kappa shape index (κ2) is 3.66. The van der Waals surface area contributed by atoms with Gasteiger partial charge in [-0.15, -0.1) is 0 Å². The molecule has 0 unspecified atom stereocenters. The van der Waals surface area contributed by atoms with E-state index in [0.717, 1.165) is 0 Å². The van der Waals surface area contributed by atoms with Gasteiger partial charge in [-0.05, 0) is 29.8 Å². The largest absolute Gasteiger partial charge is 0.508 e. The van der Waals surface area contributed by atoms with E-state index in [4.69, 9.17) is 0 Å². The fourth-order valence-corrected chi connectivity index (χ4v) is 1.56. The molecular formula is C12H10O4. The highest BCUT2D eigenvalue weighted by atomic mass is 16.3. The molecule has 0 radical (unpaired) electrons. The van der Waals surface area contributed by atoms with Crippen LogP contribution in [0.5, 0.6) is 23.0 Å². The van der Waals surface area contributed by atoms with Gasteiger partial charge in [0.25, 0.3) is 0 Å². The summed E-state index contributed by atoms with van der Waals surface area (Å²) in [6.45, 7) is 0. The van der Waals surface area contributed by atoms with E-state index in [2.05, 4.69) is 0 Å². The van der Waals surface area contributed by atoms with E-state index >= 15 is 0 Å². The Hall–Kier alpha value is -2.36. The third-order valence-corrected chi connectivity index (χ3v) is 2.21. The molecule has 0 aliphatic rings. The first-order valence-corrected chi connectivity index (χ1v) is 4.62. The SMILES string of the molecule is Oc1cc(O)cc(-c2c(O)cccc2O)c1. The van der Waals surface area contributed by atoms with Gasteiger partial charge in [-0.25, -0.2) is 0 Å². The number of aromatic hydroxyl groups is 4. The van der Waals surface area contributed by atoms with E-state index in [-0.39, 0.29) is 28.6 Å². The van der Waals surface area contributed by atoms with Crippen molar-refractivity contribution in [1.82, 2.24) is 0 Å². The van der Waals surface area contributed by atoms with Crippen LogP contribution in [0, 0.1) is 0 Å². The molecule has 0 aromatic heterocycles. The van der Waals surface area contributed by atoms with Crippen molar-refractivity contribution in [3.05, 3.63) is 36.4 Å². The Morgan fingerprint density at radius 1 is 0.688 bits per heavy atom. The van der Waals surface area contributed by atoms with E-state index in [0.29, 0.717) is 5.56 Å². The first kappa shape index (κ1) is 10.2. The van der Waals surface area contributed by atoms with Gasteiger partial charge < -0.3 is 20.4 Å². The van der Waals surface area contributed by atoms with Gasteiger partial charge in [0.2, 0.25) is 0 Å². The van der Waals surface area contributed by atoms with Crippen molar-refractivity contribution in [3.63, 3.8) is 0 Å². The highest BCUT2D eigenvalue weighted by Gasteiger charge is 2.11. The van der Waals surface area contributed by atoms with Crippen LogP contribution in [0.25, 0.3) is 11.1 Å². The molecule has 4 N–H and O–H groups in total. The van der Waals surface area contributed by atoms with Crippen LogP contribution in [0.15, 0.2) is 36.4 Å². The Morgan fingerprint density at radius 2 is 1.19 bits per heavy atom.